The summed E-state index contributed by atoms with van der Waals surface area (Å²) in [5.41, 5.74) is 3.09. The summed E-state index contributed by atoms with van der Waals surface area (Å²) < 4.78 is 26.8. The van der Waals surface area contributed by atoms with Crippen LogP contribution in [0.3, 0.4) is 0 Å². The molecule has 6 nitrogen and oxygen atoms in total. The summed E-state index contributed by atoms with van der Waals surface area (Å²) in [6.07, 6.45) is 6.71. The second kappa shape index (κ2) is 11.6. The van der Waals surface area contributed by atoms with Gasteiger partial charge in [-0.2, -0.15) is 0 Å². The average Bonchev–Trinajstić information content (AvgIpc) is 3.78. The Labute approximate surface area is 196 Å². The summed E-state index contributed by atoms with van der Waals surface area (Å²) in [7, 11) is 1.82. The maximum absolute atomic E-state index is 10.5. The summed E-state index contributed by atoms with van der Waals surface area (Å²) in [5.74, 6) is 2.46. The van der Waals surface area contributed by atoms with E-state index in [2.05, 4.69) is 24.3 Å². The highest BCUT2D eigenvalue weighted by atomic mass is 16.6. The second-order valence-corrected chi connectivity index (χ2v) is 8.95. The molecule has 33 heavy (non-hydrogen) atoms. The number of rotatable bonds is 9. The third-order valence-corrected chi connectivity index (χ3v) is 6.36. The summed E-state index contributed by atoms with van der Waals surface area (Å²) >= 11 is 0. The van der Waals surface area contributed by atoms with Crippen LogP contribution in [0, 0.1) is 6.92 Å². The molecule has 2 aliphatic heterocycles. The molecule has 2 heterocycles. The van der Waals surface area contributed by atoms with E-state index >= 15 is 0 Å². The lowest BCUT2D eigenvalue weighted by Crippen LogP contribution is -2.19. The SMILES string of the molecule is COC1CCC(c2ccc(OCC3CO3)cc2)CC1.Cc1cc(C=O)ccc1OCC1CO1. The molecule has 0 amide bonds. The zero-order valence-corrected chi connectivity index (χ0v) is 19.5. The van der Waals surface area contributed by atoms with E-state index in [1.807, 2.05) is 26.2 Å². The number of hydrogen-bond donors (Lipinski definition) is 0. The normalized spacial score (nSPS) is 25.4. The van der Waals surface area contributed by atoms with E-state index < -0.39 is 0 Å². The number of methoxy groups -OCH3 is 1. The van der Waals surface area contributed by atoms with Crippen LogP contribution in [0.5, 0.6) is 11.5 Å². The molecular weight excluding hydrogens is 420 g/mol. The monoisotopic (exact) mass is 454 g/mol. The van der Waals surface area contributed by atoms with Crippen molar-refractivity contribution < 1.29 is 28.5 Å². The Balaban J connectivity index is 0.000000165. The van der Waals surface area contributed by atoms with Crippen molar-refractivity contribution in [2.45, 2.75) is 56.8 Å². The van der Waals surface area contributed by atoms with Gasteiger partial charge in [-0.15, -0.1) is 0 Å². The van der Waals surface area contributed by atoms with Crippen LogP contribution in [0.15, 0.2) is 42.5 Å². The van der Waals surface area contributed by atoms with E-state index in [1.165, 1.54) is 31.2 Å². The lowest BCUT2D eigenvalue weighted by molar-refractivity contribution is 0.0658. The molecule has 2 atom stereocenters. The van der Waals surface area contributed by atoms with Gasteiger partial charge in [-0.05, 0) is 80.0 Å². The maximum Gasteiger partial charge on any atom is 0.150 e. The van der Waals surface area contributed by atoms with Gasteiger partial charge in [0.2, 0.25) is 0 Å². The molecule has 0 radical (unpaired) electrons. The Morgan fingerprint density at radius 1 is 0.909 bits per heavy atom. The molecule has 0 N–H and O–H groups in total. The van der Waals surface area contributed by atoms with E-state index in [1.54, 1.807) is 6.07 Å². The number of aldehydes is 1. The van der Waals surface area contributed by atoms with Crippen LogP contribution in [0.25, 0.3) is 0 Å². The third-order valence-electron chi connectivity index (χ3n) is 6.36. The van der Waals surface area contributed by atoms with E-state index in [-0.39, 0.29) is 6.10 Å². The van der Waals surface area contributed by atoms with Crippen molar-refractivity contribution >= 4 is 6.29 Å². The van der Waals surface area contributed by atoms with Gasteiger partial charge < -0.3 is 23.7 Å². The minimum atomic E-state index is 0.264. The second-order valence-electron chi connectivity index (χ2n) is 8.95. The van der Waals surface area contributed by atoms with Crippen LogP contribution in [0.2, 0.25) is 0 Å². The van der Waals surface area contributed by atoms with Gasteiger partial charge in [0.05, 0.1) is 19.3 Å². The molecule has 6 heteroatoms. The topological polar surface area (TPSA) is 69.8 Å². The Kier molecular flexibility index (Phi) is 8.37. The molecule has 1 saturated carbocycles. The van der Waals surface area contributed by atoms with Crippen molar-refractivity contribution in [1.29, 1.82) is 0 Å². The van der Waals surface area contributed by atoms with Crippen molar-refractivity contribution in [3.63, 3.8) is 0 Å². The Morgan fingerprint density at radius 2 is 1.55 bits per heavy atom. The molecule has 3 aliphatic rings. The van der Waals surface area contributed by atoms with Crippen LogP contribution >= 0.6 is 0 Å². The van der Waals surface area contributed by atoms with Gasteiger partial charge in [0.25, 0.3) is 0 Å². The third kappa shape index (κ3) is 7.56. The fraction of sp³-hybridized carbons (Fsp3) is 0.519. The number of benzene rings is 2. The van der Waals surface area contributed by atoms with Gasteiger partial charge in [0, 0.05) is 12.7 Å². The predicted octanol–water partition coefficient (Wildman–Crippen LogP) is 4.72. The van der Waals surface area contributed by atoms with Crippen LogP contribution < -0.4 is 9.47 Å². The lowest BCUT2D eigenvalue weighted by Gasteiger charge is -2.27. The molecule has 2 aromatic rings. The Hall–Kier alpha value is -2.41. The highest BCUT2D eigenvalue weighted by molar-refractivity contribution is 5.75. The van der Waals surface area contributed by atoms with Gasteiger partial charge in [-0.1, -0.05) is 12.1 Å². The quantitative estimate of drug-likeness (QED) is 0.403. The van der Waals surface area contributed by atoms with Crippen molar-refractivity contribution in [3.8, 4) is 11.5 Å². The number of carbonyl (C=O) groups excluding carboxylic acids is 1. The molecule has 0 bridgehead atoms. The summed E-state index contributed by atoms with van der Waals surface area (Å²) in [5, 5.41) is 0. The minimum absolute atomic E-state index is 0.264. The Morgan fingerprint density at radius 3 is 2.09 bits per heavy atom. The van der Waals surface area contributed by atoms with Crippen molar-refractivity contribution in [2.24, 2.45) is 0 Å². The fourth-order valence-electron chi connectivity index (χ4n) is 4.08. The van der Waals surface area contributed by atoms with Crippen molar-refractivity contribution in [3.05, 3.63) is 59.2 Å². The Bertz CT molecular complexity index is 880. The molecular formula is C27H34O6. The van der Waals surface area contributed by atoms with E-state index in [0.29, 0.717) is 36.9 Å². The van der Waals surface area contributed by atoms with Crippen LogP contribution in [-0.2, 0) is 14.2 Å². The van der Waals surface area contributed by atoms with Gasteiger partial charge in [-0.25, -0.2) is 0 Å². The first-order valence-corrected chi connectivity index (χ1v) is 11.8. The summed E-state index contributed by atoms with van der Waals surface area (Å²) in [4.78, 5) is 10.5. The molecule has 2 saturated heterocycles. The molecule has 1 aliphatic carbocycles. The van der Waals surface area contributed by atoms with Gasteiger partial charge in [0.15, 0.2) is 0 Å². The van der Waals surface area contributed by atoms with E-state index in [4.69, 9.17) is 23.7 Å². The first-order valence-electron chi connectivity index (χ1n) is 11.8. The lowest BCUT2D eigenvalue weighted by atomic mass is 9.83. The van der Waals surface area contributed by atoms with Gasteiger partial charge in [-0.3, -0.25) is 4.79 Å². The molecule has 2 aromatic carbocycles. The predicted molar refractivity (Wildman–Crippen MR) is 125 cm³/mol. The van der Waals surface area contributed by atoms with Gasteiger partial charge >= 0.3 is 0 Å². The molecule has 3 fully saturated rings. The summed E-state index contributed by atoms with van der Waals surface area (Å²) in [6.45, 7) is 4.85. The minimum Gasteiger partial charge on any atom is -0.491 e. The number of epoxide rings is 2. The molecule has 5 rings (SSSR count). The number of hydrogen-bond acceptors (Lipinski definition) is 6. The van der Waals surface area contributed by atoms with Crippen molar-refractivity contribution in [1.82, 2.24) is 0 Å². The molecule has 0 aromatic heterocycles. The summed E-state index contributed by atoms with van der Waals surface area (Å²) in [6, 6.07) is 14.0. The van der Waals surface area contributed by atoms with Crippen LogP contribution in [0.4, 0.5) is 0 Å². The zero-order chi connectivity index (χ0) is 23.0. The number of aryl methyl sites for hydroxylation is 1. The average molecular weight is 455 g/mol. The fourth-order valence-corrected chi connectivity index (χ4v) is 4.08. The molecule has 178 valence electrons. The smallest absolute Gasteiger partial charge is 0.150 e. The molecule has 0 spiro atoms. The standard InChI is InChI=1S/C16H22O3.C11H12O3/c1-17-14-6-2-12(3-7-14)13-4-8-15(9-5-13)18-10-16-11-19-16;1-8-4-9(5-12)2-3-11(8)14-7-10-6-13-10/h4-5,8-9,12,14,16H,2-3,6-7,10-11H2,1H3;2-5,10H,6-7H2,1H3. The van der Waals surface area contributed by atoms with E-state index in [9.17, 15) is 4.79 Å². The van der Waals surface area contributed by atoms with E-state index in [0.717, 1.165) is 36.6 Å². The highest BCUT2D eigenvalue weighted by Gasteiger charge is 2.24. The van der Waals surface area contributed by atoms with Crippen LogP contribution in [-0.4, -0.2) is 58.1 Å². The maximum atomic E-state index is 10.5. The molecule has 2 unspecified atom stereocenters. The number of carbonyl (C=O) groups is 1. The van der Waals surface area contributed by atoms with Crippen LogP contribution in [0.1, 0.15) is 53.1 Å². The largest absolute Gasteiger partial charge is 0.491 e. The highest BCUT2D eigenvalue weighted by Crippen LogP contribution is 2.34. The van der Waals surface area contributed by atoms with Gasteiger partial charge in [0.1, 0.15) is 43.2 Å². The first kappa shape index (κ1) is 23.7. The number of ether oxygens (including phenoxy) is 5. The zero-order valence-electron chi connectivity index (χ0n) is 19.5. The van der Waals surface area contributed by atoms with Crippen molar-refractivity contribution in [2.75, 3.05) is 33.5 Å². The first-order chi connectivity index (χ1) is 16.1.